The summed E-state index contributed by atoms with van der Waals surface area (Å²) in [5.41, 5.74) is 1.49. The molecule has 0 aliphatic carbocycles. The van der Waals surface area contributed by atoms with E-state index in [1.165, 1.54) is 24.3 Å². The van der Waals surface area contributed by atoms with Crippen molar-refractivity contribution in [1.82, 2.24) is 16.0 Å². The second-order valence-electron chi connectivity index (χ2n) is 10.2. The fourth-order valence-electron chi connectivity index (χ4n) is 4.14. The molecule has 9 nitrogen and oxygen atoms in total. The molecule has 0 saturated carbocycles. The third kappa shape index (κ3) is 11.2. The maximum Gasteiger partial charge on any atom is 0.243 e. The van der Waals surface area contributed by atoms with Gasteiger partial charge >= 0.3 is 0 Å². The normalized spacial score (nSPS) is 13.2. The topological polar surface area (TPSA) is 145 Å². The van der Waals surface area contributed by atoms with Crippen molar-refractivity contribution in [2.45, 2.75) is 83.8 Å². The number of amides is 3. The number of benzene rings is 2. The van der Waals surface area contributed by atoms with Gasteiger partial charge in [-0.1, -0.05) is 64.3 Å². The van der Waals surface area contributed by atoms with Gasteiger partial charge in [0.2, 0.25) is 17.7 Å². The van der Waals surface area contributed by atoms with Gasteiger partial charge in [0.25, 0.3) is 0 Å². The van der Waals surface area contributed by atoms with E-state index in [1.807, 2.05) is 0 Å². The molecule has 212 valence electrons. The number of carbonyl (C=O) groups excluding carboxylic acids is 4. The van der Waals surface area contributed by atoms with E-state index in [9.17, 15) is 29.4 Å². The molecule has 0 heterocycles. The Balaban J connectivity index is 2.11. The Kier molecular flexibility index (Phi) is 13.0. The summed E-state index contributed by atoms with van der Waals surface area (Å²) in [7, 11) is 0. The molecule has 0 bridgehead atoms. The SMILES string of the molecule is CCCCCCC(=O)N[C@@H](Cc1ccc(O)cc1)C(=O)N[C@H](C(=O)NC(C=O)Cc1ccc(O)cc1)C(C)C. The highest BCUT2D eigenvalue weighted by atomic mass is 16.3. The molecule has 0 spiro atoms. The molecule has 2 aromatic carbocycles. The highest BCUT2D eigenvalue weighted by Gasteiger charge is 2.30. The van der Waals surface area contributed by atoms with Crippen molar-refractivity contribution >= 4 is 24.0 Å². The molecule has 5 N–H and O–H groups in total. The third-order valence-electron chi connectivity index (χ3n) is 6.42. The minimum atomic E-state index is -0.941. The van der Waals surface area contributed by atoms with Crippen LogP contribution in [0, 0.1) is 5.92 Å². The molecule has 0 aliphatic heterocycles. The first-order chi connectivity index (χ1) is 18.6. The number of unbranched alkanes of at least 4 members (excludes halogenated alkanes) is 3. The van der Waals surface area contributed by atoms with Crippen LogP contribution in [0.5, 0.6) is 11.5 Å². The van der Waals surface area contributed by atoms with Crippen molar-refractivity contribution < 1.29 is 29.4 Å². The number of aromatic hydroxyl groups is 2. The first kappa shape index (κ1) is 31.3. The van der Waals surface area contributed by atoms with Gasteiger partial charge in [0.05, 0.1) is 6.04 Å². The molecule has 0 fully saturated rings. The maximum atomic E-state index is 13.4. The molecule has 39 heavy (non-hydrogen) atoms. The summed E-state index contributed by atoms with van der Waals surface area (Å²) >= 11 is 0. The molecule has 0 radical (unpaired) electrons. The van der Waals surface area contributed by atoms with Gasteiger partial charge in [0.1, 0.15) is 29.9 Å². The maximum absolute atomic E-state index is 13.4. The summed E-state index contributed by atoms with van der Waals surface area (Å²) in [5, 5.41) is 27.3. The lowest BCUT2D eigenvalue weighted by molar-refractivity contribution is -0.133. The van der Waals surface area contributed by atoms with Crippen molar-refractivity contribution in [3.63, 3.8) is 0 Å². The predicted molar refractivity (Wildman–Crippen MR) is 149 cm³/mol. The molecule has 3 amide bonds. The standard InChI is InChI=1S/C30H41N3O6/c1-4-5-6-7-8-27(37)32-26(18-22-11-15-25(36)16-12-22)29(38)33-28(20(2)3)30(39)31-23(19-34)17-21-9-13-24(35)14-10-21/h9-16,19-20,23,26,28,35-36H,4-8,17-18H2,1-3H3,(H,31,39)(H,32,37)(H,33,38)/t23?,26-,28-/m0/s1. The van der Waals surface area contributed by atoms with Crippen molar-refractivity contribution in [3.05, 3.63) is 59.7 Å². The van der Waals surface area contributed by atoms with Crippen molar-refractivity contribution in [3.8, 4) is 11.5 Å². The monoisotopic (exact) mass is 539 g/mol. The number of carbonyl (C=O) groups is 4. The number of rotatable bonds is 16. The smallest absolute Gasteiger partial charge is 0.243 e. The Morgan fingerprint density at radius 1 is 0.769 bits per heavy atom. The number of nitrogens with one attached hydrogen (secondary N) is 3. The number of phenolic OH excluding ortho intramolecular Hbond substituents is 2. The van der Waals surface area contributed by atoms with Crippen LogP contribution in [0.1, 0.15) is 64.0 Å². The zero-order valence-corrected chi connectivity index (χ0v) is 23.0. The van der Waals surface area contributed by atoms with Gasteiger partial charge in [-0.05, 0) is 54.2 Å². The van der Waals surface area contributed by atoms with Crippen molar-refractivity contribution in [2.24, 2.45) is 5.92 Å². The molecule has 2 rings (SSSR count). The summed E-state index contributed by atoms with van der Waals surface area (Å²) in [4.78, 5) is 50.8. The Bertz CT molecular complexity index is 1070. The van der Waals surface area contributed by atoms with Gasteiger partial charge in [-0.15, -0.1) is 0 Å². The van der Waals surface area contributed by atoms with E-state index >= 15 is 0 Å². The van der Waals surface area contributed by atoms with Crippen LogP contribution in [0.3, 0.4) is 0 Å². The van der Waals surface area contributed by atoms with E-state index in [4.69, 9.17) is 0 Å². The average molecular weight is 540 g/mol. The number of hydrogen-bond acceptors (Lipinski definition) is 6. The average Bonchev–Trinajstić information content (AvgIpc) is 2.91. The predicted octanol–water partition coefficient (Wildman–Crippen LogP) is 3.16. The van der Waals surface area contributed by atoms with Crippen LogP contribution in [-0.2, 0) is 32.0 Å². The van der Waals surface area contributed by atoms with Gasteiger partial charge in [-0.3, -0.25) is 14.4 Å². The minimum Gasteiger partial charge on any atom is -0.508 e. The molecule has 1 unspecified atom stereocenters. The molecule has 0 aliphatic rings. The first-order valence-corrected chi connectivity index (χ1v) is 13.5. The Hall–Kier alpha value is -3.88. The van der Waals surface area contributed by atoms with Gasteiger partial charge in [0.15, 0.2) is 0 Å². The molecule has 2 aromatic rings. The molecular formula is C30H41N3O6. The second-order valence-corrected chi connectivity index (χ2v) is 10.2. The van der Waals surface area contributed by atoms with Crippen LogP contribution in [0.15, 0.2) is 48.5 Å². The minimum absolute atomic E-state index is 0.0910. The number of hydrogen-bond donors (Lipinski definition) is 5. The van der Waals surface area contributed by atoms with Crippen LogP contribution in [-0.4, -0.2) is 52.3 Å². The highest BCUT2D eigenvalue weighted by Crippen LogP contribution is 2.14. The van der Waals surface area contributed by atoms with E-state index < -0.39 is 29.9 Å². The number of aldehydes is 1. The van der Waals surface area contributed by atoms with E-state index in [1.54, 1.807) is 38.1 Å². The van der Waals surface area contributed by atoms with Gasteiger partial charge in [-0.2, -0.15) is 0 Å². The Labute approximate surface area is 230 Å². The highest BCUT2D eigenvalue weighted by molar-refractivity contribution is 5.93. The fourth-order valence-corrected chi connectivity index (χ4v) is 4.14. The quantitative estimate of drug-likeness (QED) is 0.164. The molecular weight excluding hydrogens is 498 g/mol. The lowest BCUT2D eigenvalue weighted by Gasteiger charge is -2.26. The molecule has 0 aromatic heterocycles. The second kappa shape index (κ2) is 16.2. The summed E-state index contributed by atoms with van der Waals surface area (Å²) in [6, 6.07) is 10.0. The van der Waals surface area contributed by atoms with Gasteiger partial charge in [0, 0.05) is 12.8 Å². The summed E-state index contributed by atoms with van der Waals surface area (Å²) in [6.07, 6.45) is 5.07. The van der Waals surface area contributed by atoms with E-state index in [0.717, 1.165) is 36.8 Å². The zero-order chi connectivity index (χ0) is 28.8. The largest absolute Gasteiger partial charge is 0.508 e. The van der Waals surface area contributed by atoms with Crippen LogP contribution in [0.2, 0.25) is 0 Å². The van der Waals surface area contributed by atoms with E-state index in [-0.39, 0.29) is 36.2 Å². The molecule has 9 heteroatoms. The van der Waals surface area contributed by atoms with Crippen LogP contribution in [0.25, 0.3) is 0 Å². The van der Waals surface area contributed by atoms with Crippen LogP contribution in [0.4, 0.5) is 0 Å². The lowest BCUT2D eigenvalue weighted by atomic mass is 9.99. The van der Waals surface area contributed by atoms with E-state index in [2.05, 4.69) is 22.9 Å². The van der Waals surface area contributed by atoms with Gasteiger partial charge in [-0.25, -0.2) is 0 Å². The lowest BCUT2D eigenvalue weighted by Crippen LogP contribution is -2.57. The Morgan fingerprint density at radius 2 is 1.33 bits per heavy atom. The number of phenols is 2. The summed E-state index contributed by atoms with van der Waals surface area (Å²) in [5.74, 6) is -1.38. The van der Waals surface area contributed by atoms with Crippen molar-refractivity contribution in [2.75, 3.05) is 0 Å². The van der Waals surface area contributed by atoms with Crippen LogP contribution >= 0.6 is 0 Å². The third-order valence-corrected chi connectivity index (χ3v) is 6.42. The molecule has 0 saturated heterocycles. The summed E-state index contributed by atoms with van der Waals surface area (Å²) < 4.78 is 0. The summed E-state index contributed by atoms with van der Waals surface area (Å²) in [6.45, 7) is 5.65. The fraction of sp³-hybridized carbons (Fsp3) is 0.467. The Morgan fingerprint density at radius 3 is 1.85 bits per heavy atom. The first-order valence-electron chi connectivity index (χ1n) is 13.5. The van der Waals surface area contributed by atoms with Crippen LogP contribution < -0.4 is 16.0 Å². The van der Waals surface area contributed by atoms with Crippen molar-refractivity contribution in [1.29, 1.82) is 0 Å². The van der Waals surface area contributed by atoms with Gasteiger partial charge < -0.3 is 31.0 Å². The van der Waals surface area contributed by atoms with E-state index in [0.29, 0.717) is 12.7 Å². The zero-order valence-electron chi connectivity index (χ0n) is 23.0. The molecule has 3 atom stereocenters.